The summed E-state index contributed by atoms with van der Waals surface area (Å²) in [5, 5.41) is 17.3. The number of nitrogens with one attached hydrogen (secondary N) is 2. The van der Waals surface area contributed by atoms with Crippen molar-refractivity contribution in [2.24, 2.45) is 5.92 Å². The largest absolute Gasteiger partial charge is 0.391 e. The number of aliphatic hydroxyl groups excluding tert-OH is 1. The Labute approximate surface area is 145 Å². The number of aromatic nitrogens is 1. The summed E-state index contributed by atoms with van der Waals surface area (Å²) in [4.78, 5) is 17.4. The van der Waals surface area contributed by atoms with Crippen LogP contribution in [0.2, 0.25) is 5.02 Å². The minimum atomic E-state index is -0.407. The van der Waals surface area contributed by atoms with Crippen molar-refractivity contribution in [3.05, 3.63) is 40.5 Å². The fourth-order valence-electron chi connectivity index (χ4n) is 3.24. The summed E-state index contributed by atoms with van der Waals surface area (Å²) in [5.74, 6) is 0.386. The van der Waals surface area contributed by atoms with Crippen LogP contribution in [0.5, 0.6) is 0 Å². The minimum absolute atomic E-state index is 0.0496. The van der Waals surface area contributed by atoms with Crippen LogP contribution in [0.3, 0.4) is 0 Å². The van der Waals surface area contributed by atoms with Crippen molar-refractivity contribution in [2.45, 2.75) is 24.9 Å². The standard InChI is InChI=1S/C18H20ClN3O2/c19-12-3-4-15-13(5-12)14(6-16(22-15)10-1-2-10)18(24)21-8-11-7-20-9-17(11)23/h3-6,10-11,17,20,23H,1-2,7-9H2,(H,21,24). The summed E-state index contributed by atoms with van der Waals surface area (Å²) in [5.41, 5.74) is 2.40. The number of pyridine rings is 1. The van der Waals surface area contributed by atoms with E-state index in [2.05, 4.69) is 15.6 Å². The highest BCUT2D eigenvalue weighted by Gasteiger charge is 2.28. The lowest BCUT2D eigenvalue weighted by Crippen LogP contribution is -2.34. The molecule has 1 saturated carbocycles. The summed E-state index contributed by atoms with van der Waals surface area (Å²) >= 11 is 6.11. The first kappa shape index (κ1) is 15.8. The summed E-state index contributed by atoms with van der Waals surface area (Å²) in [6.07, 6.45) is 1.86. The Kier molecular flexibility index (Phi) is 4.16. The van der Waals surface area contributed by atoms with Crippen LogP contribution < -0.4 is 10.6 Å². The van der Waals surface area contributed by atoms with Crippen LogP contribution in [0.1, 0.15) is 34.8 Å². The molecule has 24 heavy (non-hydrogen) atoms. The maximum absolute atomic E-state index is 12.7. The lowest BCUT2D eigenvalue weighted by atomic mass is 10.0. The van der Waals surface area contributed by atoms with E-state index in [-0.39, 0.29) is 11.8 Å². The van der Waals surface area contributed by atoms with E-state index < -0.39 is 6.10 Å². The smallest absolute Gasteiger partial charge is 0.252 e. The molecule has 1 aliphatic heterocycles. The van der Waals surface area contributed by atoms with Gasteiger partial charge in [-0.05, 0) is 37.1 Å². The summed E-state index contributed by atoms with van der Waals surface area (Å²) < 4.78 is 0. The van der Waals surface area contributed by atoms with Gasteiger partial charge >= 0.3 is 0 Å². The highest BCUT2D eigenvalue weighted by molar-refractivity contribution is 6.31. The molecule has 2 aromatic rings. The topological polar surface area (TPSA) is 74.2 Å². The number of nitrogens with zero attached hydrogens (tertiary/aromatic N) is 1. The molecule has 2 aliphatic rings. The zero-order chi connectivity index (χ0) is 16.7. The molecule has 2 atom stereocenters. The molecule has 126 valence electrons. The van der Waals surface area contributed by atoms with Crippen LogP contribution >= 0.6 is 11.6 Å². The number of amides is 1. The zero-order valence-corrected chi connectivity index (χ0v) is 14.0. The quantitative estimate of drug-likeness (QED) is 0.793. The van der Waals surface area contributed by atoms with E-state index in [0.717, 1.165) is 36.0 Å². The molecule has 4 rings (SSSR count). The van der Waals surface area contributed by atoms with Crippen LogP contribution in [0.25, 0.3) is 10.9 Å². The molecular formula is C18H20ClN3O2. The first-order valence-electron chi connectivity index (χ1n) is 8.39. The predicted molar refractivity (Wildman–Crippen MR) is 93.4 cm³/mol. The molecule has 0 radical (unpaired) electrons. The molecule has 6 heteroatoms. The van der Waals surface area contributed by atoms with Crippen molar-refractivity contribution in [1.29, 1.82) is 0 Å². The van der Waals surface area contributed by atoms with Gasteiger partial charge in [-0.1, -0.05) is 11.6 Å². The second kappa shape index (κ2) is 6.31. The lowest BCUT2D eigenvalue weighted by Gasteiger charge is -2.15. The number of hydrogen-bond donors (Lipinski definition) is 3. The number of benzene rings is 1. The molecule has 3 N–H and O–H groups in total. The molecule has 0 bridgehead atoms. The van der Waals surface area contributed by atoms with Gasteiger partial charge in [0.15, 0.2) is 0 Å². The van der Waals surface area contributed by atoms with Crippen LogP contribution in [-0.2, 0) is 0 Å². The fraction of sp³-hybridized carbons (Fsp3) is 0.444. The molecule has 0 spiro atoms. The lowest BCUT2D eigenvalue weighted by molar-refractivity contribution is 0.0928. The molecule has 1 aromatic heterocycles. The van der Waals surface area contributed by atoms with Crippen molar-refractivity contribution in [1.82, 2.24) is 15.6 Å². The third kappa shape index (κ3) is 3.11. The number of β-amino-alcohol motifs (C(OH)–C–C–N with tert-alkyl or cyclic N) is 1. The third-order valence-corrected chi connectivity index (χ3v) is 5.09. The van der Waals surface area contributed by atoms with Gasteiger partial charge in [0.25, 0.3) is 5.91 Å². The van der Waals surface area contributed by atoms with E-state index in [0.29, 0.717) is 29.6 Å². The zero-order valence-electron chi connectivity index (χ0n) is 13.3. The van der Waals surface area contributed by atoms with E-state index in [1.807, 2.05) is 12.1 Å². The van der Waals surface area contributed by atoms with Crippen LogP contribution in [-0.4, -0.2) is 41.7 Å². The second-order valence-electron chi connectivity index (χ2n) is 6.73. The van der Waals surface area contributed by atoms with Crippen molar-refractivity contribution < 1.29 is 9.90 Å². The molecule has 1 amide bonds. The summed E-state index contributed by atoms with van der Waals surface area (Å²) in [6, 6.07) is 7.36. The van der Waals surface area contributed by atoms with Crippen molar-refractivity contribution in [2.75, 3.05) is 19.6 Å². The second-order valence-corrected chi connectivity index (χ2v) is 7.16. The number of aliphatic hydroxyl groups is 1. The monoisotopic (exact) mass is 345 g/mol. The van der Waals surface area contributed by atoms with E-state index in [1.54, 1.807) is 12.1 Å². The van der Waals surface area contributed by atoms with E-state index in [4.69, 9.17) is 11.6 Å². The Hall–Kier alpha value is -1.69. The number of carbonyl (C=O) groups excluding carboxylic acids is 1. The Balaban J connectivity index is 1.63. The number of carbonyl (C=O) groups is 1. The number of hydrogen-bond acceptors (Lipinski definition) is 4. The normalized spacial score (nSPS) is 23.6. The van der Waals surface area contributed by atoms with Gasteiger partial charge in [0, 0.05) is 47.6 Å². The number of rotatable bonds is 4. The van der Waals surface area contributed by atoms with Gasteiger partial charge in [-0.2, -0.15) is 0 Å². The first-order chi connectivity index (χ1) is 11.6. The van der Waals surface area contributed by atoms with E-state index in [9.17, 15) is 9.90 Å². The fourth-order valence-corrected chi connectivity index (χ4v) is 3.41. The summed E-state index contributed by atoms with van der Waals surface area (Å²) in [7, 11) is 0. The Morgan fingerprint density at radius 1 is 1.33 bits per heavy atom. The first-order valence-corrected chi connectivity index (χ1v) is 8.77. The van der Waals surface area contributed by atoms with Gasteiger partial charge < -0.3 is 15.7 Å². The van der Waals surface area contributed by atoms with E-state index >= 15 is 0 Å². The SMILES string of the molecule is O=C(NCC1CNCC1O)c1cc(C2CC2)nc2ccc(Cl)cc12. The van der Waals surface area contributed by atoms with Gasteiger partial charge in [-0.15, -0.1) is 0 Å². The predicted octanol–water partition coefficient (Wildman–Crippen LogP) is 2.08. The average Bonchev–Trinajstić information content (AvgIpc) is 3.34. The van der Waals surface area contributed by atoms with Gasteiger partial charge in [-0.25, -0.2) is 0 Å². The molecule has 2 heterocycles. The summed E-state index contributed by atoms with van der Waals surface area (Å²) in [6.45, 7) is 1.76. The van der Waals surface area contributed by atoms with Crippen LogP contribution in [0.4, 0.5) is 0 Å². The third-order valence-electron chi connectivity index (χ3n) is 4.86. The number of halogens is 1. The Morgan fingerprint density at radius 2 is 2.17 bits per heavy atom. The molecule has 2 fully saturated rings. The van der Waals surface area contributed by atoms with E-state index in [1.165, 1.54) is 0 Å². The maximum Gasteiger partial charge on any atom is 0.252 e. The Bertz CT molecular complexity index is 791. The highest BCUT2D eigenvalue weighted by Crippen LogP contribution is 2.40. The molecule has 1 aromatic carbocycles. The molecule has 1 aliphatic carbocycles. The molecular weight excluding hydrogens is 326 g/mol. The number of fused-ring (bicyclic) bond motifs is 1. The van der Waals surface area contributed by atoms with Crippen LogP contribution in [0.15, 0.2) is 24.3 Å². The molecule has 1 saturated heterocycles. The van der Waals surface area contributed by atoms with Crippen LogP contribution in [0, 0.1) is 5.92 Å². The van der Waals surface area contributed by atoms with Gasteiger partial charge in [-0.3, -0.25) is 9.78 Å². The van der Waals surface area contributed by atoms with Crippen molar-refractivity contribution >= 4 is 28.4 Å². The van der Waals surface area contributed by atoms with Crippen molar-refractivity contribution in [3.63, 3.8) is 0 Å². The van der Waals surface area contributed by atoms with Gasteiger partial charge in [0.05, 0.1) is 17.2 Å². The maximum atomic E-state index is 12.7. The van der Waals surface area contributed by atoms with Gasteiger partial charge in [0.1, 0.15) is 0 Å². The van der Waals surface area contributed by atoms with Crippen molar-refractivity contribution in [3.8, 4) is 0 Å². The van der Waals surface area contributed by atoms with Gasteiger partial charge in [0.2, 0.25) is 0 Å². The average molecular weight is 346 g/mol. The highest BCUT2D eigenvalue weighted by atomic mass is 35.5. The molecule has 2 unspecified atom stereocenters. The minimum Gasteiger partial charge on any atom is -0.391 e. The Morgan fingerprint density at radius 3 is 2.88 bits per heavy atom. The molecule has 5 nitrogen and oxygen atoms in total.